The summed E-state index contributed by atoms with van der Waals surface area (Å²) < 4.78 is 0. The van der Waals surface area contributed by atoms with Gasteiger partial charge in [0.15, 0.2) is 5.82 Å². The number of nitrogens with one attached hydrogen (secondary N) is 2. The fourth-order valence-electron chi connectivity index (χ4n) is 2.33. The standard InChI is InChI=1S/C13H19N5O2/c14-11-6-7-15-8-12(11)17-13(9-18(19)20)16-10-4-2-1-3-5-10/h6-10,16-17H,1-5H2,(H2,14,15). The van der Waals surface area contributed by atoms with E-state index < -0.39 is 4.92 Å². The highest BCUT2D eigenvalue weighted by Gasteiger charge is 2.16. The van der Waals surface area contributed by atoms with E-state index in [-0.39, 0.29) is 6.04 Å². The lowest BCUT2D eigenvalue weighted by molar-refractivity contribution is -0.403. The van der Waals surface area contributed by atoms with Gasteiger partial charge in [-0.2, -0.15) is 0 Å². The van der Waals surface area contributed by atoms with Gasteiger partial charge in [-0.3, -0.25) is 15.1 Å². The number of nitro groups is 1. The molecule has 0 bridgehead atoms. The maximum absolute atomic E-state index is 10.7. The van der Waals surface area contributed by atoms with Crippen LogP contribution in [0.25, 0.3) is 0 Å². The molecule has 0 aliphatic heterocycles. The summed E-state index contributed by atoms with van der Waals surface area (Å²) in [5, 5.41) is 16.9. The molecular weight excluding hydrogens is 258 g/mol. The van der Waals surface area contributed by atoms with Crippen LogP contribution in [0.4, 0.5) is 11.4 Å². The molecule has 7 heteroatoms. The molecule has 0 unspecified atom stereocenters. The van der Waals surface area contributed by atoms with E-state index in [1.165, 1.54) is 6.42 Å². The molecule has 1 heterocycles. The number of hydrogen-bond acceptors (Lipinski definition) is 6. The van der Waals surface area contributed by atoms with Crippen LogP contribution in [0.1, 0.15) is 32.1 Å². The fourth-order valence-corrected chi connectivity index (χ4v) is 2.33. The van der Waals surface area contributed by atoms with Crippen molar-refractivity contribution in [3.63, 3.8) is 0 Å². The van der Waals surface area contributed by atoms with Crippen molar-refractivity contribution in [1.82, 2.24) is 10.3 Å². The molecule has 0 aromatic carbocycles. The minimum absolute atomic E-state index is 0.264. The Morgan fingerprint density at radius 3 is 2.85 bits per heavy atom. The van der Waals surface area contributed by atoms with Gasteiger partial charge in [0, 0.05) is 12.2 Å². The Morgan fingerprint density at radius 1 is 1.45 bits per heavy atom. The first-order chi connectivity index (χ1) is 9.65. The molecule has 20 heavy (non-hydrogen) atoms. The zero-order valence-electron chi connectivity index (χ0n) is 11.2. The smallest absolute Gasteiger partial charge is 0.274 e. The molecule has 0 saturated heterocycles. The van der Waals surface area contributed by atoms with Crippen LogP contribution < -0.4 is 16.4 Å². The maximum atomic E-state index is 10.7. The topological polar surface area (TPSA) is 106 Å². The fraction of sp³-hybridized carbons (Fsp3) is 0.462. The van der Waals surface area contributed by atoms with Gasteiger partial charge in [-0.1, -0.05) is 19.3 Å². The minimum Gasteiger partial charge on any atom is -0.397 e. The van der Waals surface area contributed by atoms with Crippen molar-refractivity contribution >= 4 is 11.4 Å². The monoisotopic (exact) mass is 277 g/mol. The minimum atomic E-state index is -0.481. The number of nitrogens with zero attached hydrogens (tertiary/aromatic N) is 2. The van der Waals surface area contributed by atoms with Crippen molar-refractivity contribution < 1.29 is 4.92 Å². The molecule has 1 aliphatic carbocycles. The summed E-state index contributed by atoms with van der Waals surface area (Å²) in [5.41, 5.74) is 6.86. The zero-order valence-corrected chi connectivity index (χ0v) is 11.2. The van der Waals surface area contributed by atoms with Gasteiger partial charge >= 0.3 is 0 Å². The van der Waals surface area contributed by atoms with Crippen LogP contribution in [0.15, 0.2) is 30.5 Å². The second kappa shape index (κ2) is 6.74. The molecular formula is C13H19N5O2. The van der Waals surface area contributed by atoms with E-state index in [1.54, 1.807) is 18.5 Å². The summed E-state index contributed by atoms with van der Waals surface area (Å²) in [6, 6.07) is 1.91. The number of rotatable bonds is 5. The summed E-state index contributed by atoms with van der Waals surface area (Å²) >= 11 is 0. The van der Waals surface area contributed by atoms with E-state index in [0.717, 1.165) is 31.9 Å². The van der Waals surface area contributed by atoms with Gasteiger partial charge in [-0.15, -0.1) is 0 Å². The molecule has 108 valence electrons. The molecule has 0 atom stereocenters. The third-order valence-corrected chi connectivity index (χ3v) is 3.32. The van der Waals surface area contributed by atoms with E-state index in [2.05, 4.69) is 15.6 Å². The lowest BCUT2D eigenvalue weighted by atomic mass is 9.95. The highest BCUT2D eigenvalue weighted by Crippen LogP contribution is 2.20. The van der Waals surface area contributed by atoms with E-state index >= 15 is 0 Å². The van der Waals surface area contributed by atoms with Crippen LogP contribution in [-0.2, 0) is 0 Å². The summed E-state index contributed by atoms with van der Waals surface area (Å²) in [7, 11) is 0. The molecule has 1 saturated carbocycles. The average Bonchev–Trinajstić information content (AvgIpc) is 2.42. The van der Waals surface area contributed by atoms with Crippen LogP contribution >= 0.6 is 0 Å². The van der Waals surface area contributed by atoms with Gasteiger partial charge < -0.3 is 16.4 Å². The number of hydrogen-bond donors (Lipinski definition) is 3. The molecule has 0 radical (unpaired) electrons. The van der Waals surface area contributed by atoms with Crippen molar-refractivity contribution in [3.8, 4) is 0 Å². The Morgan fingerprint density at radius 2 is 2.20 bits per heavy atom. The predicted molar refractivity (Wildman–Crippen MR) is 77.4 cm³/mol. The first-order valence-electron chi connectivity index (χ1n) is 6.73. The summed E-state index contributed by atoms with van der Waals surface area (Å²) in [6.45, 7) is 0. The van der Waals surface area contributed by atoms with Crippen molar-refractivity contribution in [1.29, 1.82) is 0 Å². The van der Waals surface area contributed by atoms with E-state index in [0.29, 0.717) is 17.2 Å². The average molecular weight is 277 g/mol. The number of pyridine rings is 1. The number of nitrogen functional groups attached to an aromatic ring is 1. The van der Waals surface area contributed by atoms with Gasteiger partial charge in [-0.25, -0.2) is 0 Å². The van der Waals surface area contributed by atoms with Crippen LogP contribution in [-0.4, -0.2) is 15.9 Å². The van der Waals surface area contributed by atoms with Crippen molar-refractivity contribution in [2.24, 2.45) is 0 Å². The Bertz CT molecular complexity index is 497. The molecule has 4 N–H and O–H groups in total. The summed E-state index contributed by atoms with van der Waals surface area (Å²) in [5.74, 6) is 0.349. The third-order valence-electron chi connectivity index (χ3n) is 3.32. The van der Waals surface area contributed by atoms with Crippen molar-refractivity contribution in [3.05, 3.63) is 40.6 Å². The Kier molecular flexibility index (Phi) is 4.75. The first-order valence-corrected chi connectivity index (χ1v) is 6.73. The number of aromatic nitrogens is 1. The molecule has 0 amide bonds. The molecule has 1 aliphatic rings. The number of nitrogens with two attached hydrogens (primary N) is 1. The quantitative estimate of drug-likeness (QED) is 0.562. The van der Waals surface area contributed by atoms with Crippen molar-refractivity contribution in [2.75, 3.05) is 11.1 Å². The van der Waals surface area contributed by atoms with Crippen molar-refractivity contribution in [2.45, 2.75) is 38.1 Å². The van der Waals surface area contributed by atoms with E-state index in [9.17, 15) is 10.1 Å². The molecule has 1 fully saturated rings. The summed E-state index contributed by atoms with van der Waals surface area (Å²) in [6.07, 6.45) is 9.64. The van der Waals surface area contributed by atoms with E-state index in [4.69, 9.17) is 5.73 Å². The van der Waals surface area contributed by atoms with E-state index in [1.807, 2.05) is 0 Å². The Hall–Kier alpha value is -2.31. The SMILES string of the molecule is Nc1ccncc1NC(=C[N+](=O)[O-])NC1CCCCC1. The molecule has 1 aromatic heterocycles. The normalized spacial score (nSPS) is 16.7. The Balaban J connectivity index is 2.07. The van der Waals surface area contributed by atoms with Crippen LogP contribution in [0.5, 0.6) is 0 Å². The Labute approximate surface area is 117 Å². The lowest BCUT2D eigenvalue weighted by Crippen LogP contribution is -2.33. The van der Waals surface area contributed by atoms with Gasteiger partial charge in [0.1, 0.15) is 0 Å². The highest BCUT2D eigenvalue weighted by molar-refractivity contribution is 5.66. The maximum Gasteiger partial charge on any atom is 0.274 e. The van der Waals surface area contributed by atoms with Gasteiger partial charge in [-0.05, 0) is 18.9 Å². The largest absolute Gasteiger partial charge is 0.397 e. The first kappa shape index (κ1) is 14.1. The van der Waals surface area contributed by atoms with Gasteiger partial charge in [0.2, 0.25) is 0 Å². The van der Waals surface area contributed by atoms with Crippen LogP contribution in [0, 0.1) is 10.1 Å². The summed E-state index contributed by atoms with van der Waals surface area (Å²) in [4.78, 5) is 14.2. The number of anilines is 2. The molecule has 2 rings (SSSR count). The van der Waals surface area contributed by atoms with Crippen LogP contribution in [0.2, 0.25) is 0 Å². The molecule has 7 nitrogen and oxygen atoms in total. The van der Waals surface area contributed by atoms with Gasteiger partial charge in [0.25, 0.3) is 6.20 Å². The lowest BCUT2D eigenvalue weighted by Gasteiger charge is -2.24. The van der Waals surface area contributed by atoms with Crippen LogP contribution in [0.3, 0.4) is 0 Å². The molecule has 1 aromatic rings. The second-order valence-electron chi connectivity index (χ2n) is 4.90. The molecule has 0 spiro atoms. The zero-order chi connectivity index (χ0) is 14.4. The second-order valence-corrected chi connectivity index (χ2v) is 4.90. The third kappa shape index (κ3) is 4.11. The van der Waals surface area contributed by atoms with Gasteiger partial charge in [0.05, 0.1) is 22.5 Å². The predicted octanol–water partition coefficient (Wildman–Crippen LogP) is 2.07. The highest BCUT2D eigenvalue weighted by atomic mass is 16.6.